The third-order valence-electron chi connectivity index (χ3n) is 18.1. The van der Waals surface area contributed by atoms with Gasteiger partial charge in [-0.3, -0.25) is 0 Å². The fourth-order valence-corrected chi connectivity index (χ4v) is 14.2. The predicted octanol–water partition coefficient (Wildman–Crippen LogP) is 20.3. The summed E-state index contributed by atoms with van der Waals surface area (Å²) in [6.45, 7) is 32.6. The summed E-state index contributed by atoms with van der Waals surface area (Å²) in [5.74, 6) is 0. The first-order valence-electron chi connectivity index (χ1n) is 27.2. The maximum atomic E-state index is 2.61. The van der Waals surface area contributed by atoms with E-state index in [0.717, 1.165) is 0 Å². The first-order chi connectivity index (χ1) is 35.7. The van der Waals surface area contributed by atoms with Crippen molar-refractivity contribution < 1.29 is 0 Å². The molecule has 3 aliphatic rings. The normalized spacial score (nSPS) is 14.9. The maximum Gasteiger partial charge on any atom is 0.0543 e. The molecule has 13 rings (SSSR count). The Balaban J connectivity index is 0.991. The average Bonchev–Trinajstić information content (AvgIpc) is 3.99. The lowest BCUT2D eigenvalue weighted by atomic mass is 9.78. The molecule has 0 fully saturated rings. The van der Waals surface area contributed by atoms with Gasteiger partial charge in [-0.1, -0.05) is 161 Å². The predicted molar refractivity (Wildman–Crippen MR) is 321 cm³/mol. The van der Waals surface area contributed by atoms with Gasteiger partial charge in [0.2, 0.25) is 0 Å². The van der Waals surface area contributed by atoms with Crippen molar-refractivity contribution in [1.29, 1.82) is 0 Å². The molecule has 0 saturated carbocycles. The second kappa shape index (κ2) is 16.2. The Bertz CT molecular complexity index is 3770. The highest BCUT2D eigenvalue weighted by molar-refractivity contribution is 6.13. The summed E-state index contributed by atoms with van der Waals surface area (Å²) in [7, 11) is 0. The summed E-state index contributed by atoms with van der Waals surface area (Å²) in [4.78, 5) is 5.09. The van der Waals surface area contributed by atoms with Gasteiger partial charge in [0.1, 0.15) is 0 Å². The summed E-state index contributed by atoms with van der Waals surface area (Å²) in [6.07, 6.45) is 0. The zero-order valence-corrected chi connectivity index (χ0v) is 46.4. The van der Waals surface area contributed by atoms with E-state index in [4.69, 9.17) is 0 Å². The highest BCUT2D eigenvalue weighted by Crippen LogP contribution is 2.62. The molecular formula is C73H68N2. The van der Waals surface area contributed by atoms with Crippen LogP contribution in [0.4, 0.5) is 34.1 Å². The molecule has 370 valence electrons. The van der Waals surface area contributed by atoms with Gasteiger partial charge < -0.3 is 9.80 Å². The van der Waals surface area contributed by atoms with Crippen molar-refractivity contribution in [3.63, 3.8) is 0 Å². The summed E-state index contributed by atoms with van der Waals surface area (Å²) < 4.78 is 0. The van der Waals surface area contributed by atoms with Crippen LogP contribution in [0.5, 0.6) is 0 Å². The van der Waals surface area contributed by atoms with E-state index in [2.05, 4.69) is 264 Å². The zero-order chi connectivity index (χ0) is 52.4. The lowest BCUT2D eigenvalue weighted by Crippen LogP contribution is -2.18. The Labute approximate surface area is 445 Å². The molecule has 0 spiro atoms. The second-order valence-corrected chi connectivity index (χ2v) is 24.3. The molecule has 10 aromatic rings. The molecule has 0 atom stereocenters. The average molecular weight is 973 g/mol. The van der Waals surface area contributed by atoms with Crippen molar-refractivity contribution in [1.82, 2.24) is 0 Å². The minimum atomic E-state index is -0.263. The van der Waals surface area contributed by atoms with Crippen LogP contribution in [-0.4, -0.2) is 0 Å². The molecule has 0 bridgehead atoms. The monoisotopic (exact) mass is 973 g/mol. The molecule has 0 N–H and O–H groups in total. The number of benzene rings is 10. The van der Waals surface area contributed by atoms with Gasteiger partial charge in [0.05, 0.1) is 11.4 Å². The molecule has 10 aromatic carbocycles. The third-order valence-corrected chi connectivity index (χ3v) is 18.1. The summed E-state index contributed by atoms with van der Waals surface area (Å²) >= 11 is 0. The van der Waals surface area contributed by atoms with Crippen molar-refractivity contribution in [2.24, 2.45) is 0 Å². The Kier molecular flexibility index (Phi) is 10.1. The molecule has 0 amide bonds. The molecule has 2 nitrogen and oxygen atoms in total. The summed E-state index contributed by atoms with van der Waals surface area (Å²) in [6, 6.07) is 61.5. The fourth-order valence-electron chi connectivity index (χ4n) is 14.2. The standard InChI is InChI=1S/C73H68N2/c1-41-23-27-63(45(5)31-41)74(64-28-24-42(2)32-46(64)6)67-39-61-69(51-21-17-15-19-49(51)67)55-37-57-53(35-59(55)72(61,11)12)54-36-60-56(38-58(54)71(57,9)10)70-52-22-18-16-20-50(52)68(40-62(70)73(60,13)14)75(65-29-25-43(3)33-47(65)7)66-30-26-44(4)34-48(66)8/h15-40H,1-14H3. The van der Waals surface area contributed by atoms with Crippen LogP contribution >= 0.6 is 0 Å². The molecule has 0 saturated heterocycles. The Morgan fingerprint density at radius 3 is 0.827 bits per heavy atom. The van der Waals surface area contributed by atoms with Crippen molar-refractivity contribution in [2.75, 3.05) is 9.80 Å². The van der Waals surface area contributed by atoms with E-state index in [9.17, 15) is 0 Å². The van der Waals surface area contributed by atoms with Crippen LogP contribution in [0.15, 0.2) is 158 Å². The van der Waals surface area contributed by atoms with E-state index in [0.29, 0.717) is 0 Å². The van der Waals surface area contributed by atoms with Crippen molar-refractivity contribution in [3.05, 3.63) is 236 Å². The van der Waals surface area contributed by atoms with Crippen LogP contribution in [0.2, 0.25) is 0 Å². The van der Waals surface area contributed by atoms with Crippen molar-refractivity contribution in [3.8, 4) is 33.4 Å². The van der Waals surface area contributed by atoms with Gasteiger partial charge in [0, 0.05) is 49.8 Å². The van der Waals surface area contributed by atoms with Crippen molar-refractivity contribution in [2.45, 2.75) is 113 Å². The Hall–Kier alpha value is -7.68. The topological polar surface area (TPSA) is 6.48 Å². The lowest BCUT2D eigenvalue weighted by Gasteiger charge is -2.32. The number of anilines is 6. The maximum absolute atomic E-state index is 2.61. The third kappa shape index (κ3) is 6.70. The molecular weight excluding hydrogens is 905 g/mol. The number of rotatable bonds is 6. The molecule has 0 aromatic heterocycles. The van der Waals surface area contributed by atoms with Gasteiger partial charge in [-0.2, -0.15) is 0 Å². The molecule has 2 heteroatoms. The number of hydrogen-bond acceptors (Lipinski definition) is 2. The van der Waals surface area contributed by atoms with Gasteiger partial charge >= 0.3 is 0 Å². The van der Waals surface area contributed by atoms with Gasteiger partial charge in [0.15, 0.2) is 0 Å². The van der Waals surface area contributed by atoms with E-state index in [1.54, 1.807) is 0 Å². The molecule has 75 heavy (non-hydrogen) atoms. The van der Waals surface area contributed by atoms with Crippen LogP contribution in [0.1, 0.15) is 119 Å². The van der Waals surface area contributed by atoms with Crippen LogP contribution in [0.3, 0.4) is 0 Å². The minimum absolute atomic E-state index is 0.231. The van der Waals surface area contributed by atoms with Crippen LogP contribution < -0.4 is 9.80 Å². The quantitative estimate of drug-likeness (QED) is 0.164. The molecule has 0 heterocycles. The molecule has 0 radical (unpaired) electrons. The number of aryl methyl sites for hydroxylation is 8. The zero-order valence-electron chi connectivity index (χ0n) is 46.4. The van der Waals surface area contributed by atoms with Gasteiger partial charge in [-0.25, -0.2) is 0 Å². The second-order valence-electron chi connectivity index (χ2n) is 24.3. The lowest BCUT2D eigenvalue weighted by molar-refractivity contribution is 0.649. The Morgan fingerprint density at radius 2 is 0.520 bits per heavy atom. The van der Waals surface area contributed by atoms with Gasteiger partial charge in [0.25, 0.3) is 0 Å². The number of nitrogens with zero attached hydrogens (tertiary/aromatic N) is 2. The minimum Gasteiger partial charge on any atom is -0.309 e. The van der Waals surface area contributed by atoms with E-state index in [1.807, 2.05) is 0 Å². The van der Waals surface area contributed by atoms with Crippen LogP contribution in [0.25, 0.3) is 54.9 Å². The first kappa shape index (κ1) is 47.1. The number of hydrogen-bond donors (Lipinski definition) is 0. The van der Waals surface area contributed by atoms with E-state index >= 15 is 0 Å². The smallest absolute Gasteiger partial charge is 0.0543 e. The number of fused-ring (bicyclic) bond motifs is 13. The molecule has 0 unspecified atom stereocenters. The molecule has 3 aliphatic carbocycles. The van der Waals surface area contributed by atoms with Crippen LogP contribution in [0, 0.1) is 55.4 Å². The highest BCUT2D eigenvalue weighted by atomic mass is 15.2. The first-order valence-corrected chi connectivity index (χ1v) is 27.2. The van der Waals surface area contributed by atoms with Gasteiger partial charge in [-0.15, -0.1) is 0 Å². The summed E-state index contributed by atoms with van der Waals surface area (Å²) in [5.41, 5.74) is 33.4. The SMILES string of the molecule is Cc1ccc(N(c2ccc(C)cc2C)c2cc3c(c4ccccc24)-c2cc4c(cc2C3(C)C)-c2cc3c(cc2C4(C)C)-c2c(cc(N(c4ccc(C)cc4C)c4ccc(C)cc4C)c4ccccc24)C3(C)C)c(C)c1. The van der Waals surface area contributed by atoms with Crippen LogP contribution in [-0.2, 0) is 16.2 Å². The molecule has 0 aliphatic heterocycles. The van der Waals surface area contributed by atoms with Crippen molar-refractivity contribution >= 4 is 55.7 Å². The fraction of sp³-hybridized carbons (Fsp3) is 0.233. The highest BCUT2D eigenvalue weighted by Gasteiger charge is 2.46. The Morgan fingerprint density at radius 1 is 0.253 bits per heavy atom. The van der Waals surface area contributed by atoms with Gasteiger partial charge in [-0.05, 0) is 216 Å². The van der Waals surface area contributed by atoms with E-state index in [-0.39, 0.29) is 16.2 Å². The van der Waals surface area contributed by atoms with E-state index < -0.39 is 0 Å². The summed E-state index contributed by atoms with van der Waals surface area (Å²) in [5, 5.41) is 5.15. The largest absolute Gasteiger partial charge is 0.309 e. The van der Waals surface area contributed by atoms with E-state index in [1.165, 1.54) is 167 Å².